The third kappa shape index (κ3) is 4.63. The summed E-state index contributed by atoms with van der Waals surface area (Å²) in [7, 11) is 0. The van der Waals surface area contributed by atoms with Gasteiger partial charge < -0.3 is 20.4 Å². The number of benzene rings is 1. The summed E-state index contributed by atoms with van der Waals surface area (Å²) < 4.78 is 13.2. The van der Waals surface area contributed by atoms with Gasteiger partial charge in [0, 0.05) is 25.0 Å². The molecule has 0 aromatic heterocycles. The van der Waals surface area contributed by atoms with Crippen LogP contribution in [0.5, 0.6) is 0 Å². The zero-order valence-corrected chi connectivity index (χ0v) is 16.2. The van der Waals surface area contributed by atoms with Gasteiger partial charge >= 0.3 is 12.0 Å². The van der Waals surface area contributed by atoms with Crippen LogP contribution in [0.2, 0.25) is 0 Å². The van der Waals surface area contributed by atoms with E-state index >= 15 is 0 Å². The lowest BCUT2D eigenvalue weighted by atomic mass is 9.78. The standard InChI is InChI=1S/C21H29FN2O4/c1-14-9-16(19(26)27)12-24(11-14)20(28)23-13-21(8-2-3-18(21)25)10-15-4-6-17(22)7-5-15/h4-7,14,16,18,25H,2-3,8-13H2,1H3,(H,23,28)(H,26,27). The Labute approximate surface area is 164 Å². The maximum atomic E-state index is 13.2. The van der Waals surface area contributed by atoms with Crippen LogP contribution in [0.25, 0.3) is 0 Å². The van der Waals surface area contributed by atoms with E-state index in [0.29, 0.717) is 32.4 Å². The van der Waals surface area contributed by atoms with E-state index in [1.165, 1.54) is 12.1 Å². The number of piperidine rings is 1. The summed E-state index contributed by atoms with van der Waals surface area (Å²) in [6, 6.07) is 5.96. The van der Waals surface area contributed by atoms with Gasteiger partial charge in [-0.15, -0.1) is 0 Å². The molecule has 1 heterocycles. The van der Waals surface area contributed by atoms with Crippen LogP contribution in [0.1, 0.15) is 38.2 Å². The third-order valence-corrected chi connectivity index (χ3v) is 6.22. The normalized spacial score (nSPS) is 30.2. The average molecular weight is 392 g/mol. The molecule has 1 saturated carbocycles. The highest BCUT2D eigenvalue weighted by Crippen LogP contribution is 2.41. The molecule has 3 N–H and O–H groups in total. The number of aliphatic hydroxyl groups is 1. The van der Waals surface area contributed by atoms with Crippen molar-refractivity contribution in [3.8, 4) is 0 Å². The maximum absolute atomic E-state index is 13.2. The predicted octanol–water partition coefficient (Wildman–Crippen LogP) is 2.65. The molecule has 0 bridgehead atoms. The van der Waals surface area contributed by atoms with Crippen molar-refractivity contribution < 1.29 is 24.2 Å². The van der Waals surface area contributed by atoms with Crippen LogP contribution in [0.15, 0.2) is 24.3 Å². The SMILES string of the molecule is CC1CC(C(=O)O)CN(C(=O)NCC2(Cc3ccc(F)cc3)CCCC2O)C1. The fraction of sp³-hybridized carbons (Fsp3) is 0.619. The molecule has 1 saturated heterocycles. The second kappa shape index (κ2) is 8.47. The molecular formula is C21H29FN2O4. The smallest absolute Gasteiger partial charge is 0.317 e. The van der Waals surface area contributed by atoms with E-state index in [0.717, 1.165) is 18.4 Å². The van der Waals surface area contributed by atoms with Crippen molar-refractivity contribution >= 4 is 12.0 Å². The number of nitrogens with one attached hydrogen (secondary N) is 1. The Bertz CT molecular complexity index is 711. The molecule has 2 amide bonds. The number of nitrogens with zero attached hydrogens (tertiary/aromatic N) is 1. The number of aliphatic carboxylic acids is 1. The molecule has 3 rings (SSSR count). The van der Waals surface area contributed by atoms with Crippen LogP contribution in [0.3, 0.4) is 0 Å². The largest absolute Gasteiger partial charge is 0.481 e. The van der Waals surface area contributed by atoms with E-state index in [2.05, 4.69) is 5.32 Å². The quantitative estimate of drug-likeness (QED) is 0.719. The van der Waals surface area contributed by atoms with Crippen LogP contribution in [0, 0.1) is 23.1 Å². The number of carbonyl (C=O) groups is 2. The van der Waals surface area contributed by atoms with Gasteiger partial charge in [0.05, 0.1) is 12.0 Å². The zero-order chi connectivity index (χ0) is 20.3. The first-order valence-electron chi connectivity index (χ1n) is 9.97. The highest BCUT2D eigenvalue weighted by molar-refractivity contribution is 5.76. The molecule has 4 atom stereocenters. The Morgan fingerprint density at radius 2 is 2.00 bits per heavy atom. The number of carboxylic acid groups (broad SMARTS) is 1. The van der Waals surface area contributed by atoms with Crippen LogP contribution in [-0.4, -0.2) is 52.9 Å². The van der Waals surface area contributed by atoms with Gasteiger partial charge in [0.15, 0.2) is 0 Å². The van der Waals surface area contributed by atoms with Crippen LogP contribution in [-0.2, 0) is 11.2 Å². The van der Waals surface area contributed by atoms with Gasteiger partial charge in [-0.05, 0) is 49.3 Å². The average Bonchev–Trinajstić information content (AvgIpc) is 3.01. The minimum absolute atomic E-state index is 0.130. The number of carbonyl (C=O) groups excluding carboxylic acids is 1. The lowest BCUT2D eigenvalue weighted by Gasteiger charge is -2.37. The van der Waals surface area contributed by atoms with E-state index < -0.39 is 23.4 Å². The molecule has 2 aliphatic rings. The van der Waals surface area contributed by atoms with Crippen molar-refractivity contribution in [1.29, 1.82) is 0 Å². The van der Waals surface area contributed by atoms with Crippen LogP contribution >= 0.6 is 0 Å². The second-order valence-corrected chi connectivity index (χ2v) is 8.51. The number of urea groups is 1. The van der Waals surface area contributed by atoms with Gasteiger partial charge in [-0.1, -0.05) is 25.5 Å². The third-order valence-electron chi connectivity index (χ3n) is 6.22. The van der Waals surface area contributed by atoms with E-state index in [4.69, 9.17) is 0 Å². The lowest BCUT2D eigenvalue weighted by Crippen LogP contribution is -2.52. The number of rotatable bonds is 5. The molecule has 1 aliphatic carbocycles. The molecule has 7 heteroatoms. The Balaban J connectivity index is 1.66. The number of likely N-dealkylation sites (tertiary alicyclic amines) is 1. The number of amides is 2. The van der Waals surface area contributed by atoms with Gasteiger partial charge in [-0.25, -0.2) is 9.18 Å². The summed E-state index contributed by atoms with van der Waals surface area (Å²) in [4.78, 5) is 25.6. The zero-order valence-electron chi connectivity index (χ0n) is 16.2. The number of hydrogen-bond acceptors (Lipinski definition) is 3. The Morgan fingerprint density at radius 3 is 2.61 bits per heavy atom. The van der Waals surface area contributed by atoms with Crippen molar-refractivity contribution in [2.45, 2.75) is 45.1 Å². The van der Waals surface area contributed by atoms with E-state index in [1.54, 1.807) is 17.0 Å². The van der Waals surface area contributed by atoms with Gasteiger partial charge in [-0.3, -0.25) is 4.79 Å². The first kappa shape index (κ1) is 20.6. The summed E-state index contributed by atoms with van der Waals surface area (Å²) in [5, 5.41) is 22.9. The minimum atomic E-state index is -0.872. The topological polar surface area (TPSA) is 89.9 Å². The van der Waals surface area contributed by atoms with Crippen molar-refractivity contribution in [2.24, 2.45) is 17.3 Å². The molecule has 1 aliphatic heterocycles. The predicted molar refractivity (Wildman–Crippen MR) is 102 cm³/mol. The number of hydrogen-bond donors (Lipinski definition) is 3. The van der Waals surface area contributed by atoms with Gasteiger partial charge in [0.2, 0.25) is 0 Å². The highest BCUT2D eigenvalue weighted by Gasteiger charge is 2.42. The summed E-state index contributed by atoms with van der Waals surface area (Å²) in [5.74, 6) is -1.58. The molecule has 0 radical (unpaired) electrons. The van der Waals surface area contributed by atoms with Gasteiger partial charge in [0.25, 0.3) is 0 Å². The monoisotopic (exact) mass is 392 g/mol. The Kier molecular flexibility index (Phi) is 6.23. The van der Waals surface area contributed by atoms with E-state index in [9.17, 15) is 24.2 Å². The molecular weight excluding hydrogens is 363 g/mol. The fourth-order valence-corrected chi connectivity index (χ4v) is 4.66. The Morgan fingerprint density at radius 1 is 1.29 bits per heavy atom. The molecule has 6 nitrogen and oxygen atoms in total. The van der Waals surface area contributed by atoms with Crippen molar-refractivity contribution in [3.05, 3.63) is 35.6 Å². The van der Waals surface area contributed by atoms with Gasteiger partial charge in [-0.2, -0.15) is 0 Å². The van der Waals surface area contributed by atoms with Crippen molar-refractivity contribution in [2.75, 3.05) is 19.6 Å². The molecule has 0 spiro atoms. The van der Waals surface area contributed by atoms with Crippen LogP contribution < -0.4 is 5.32 Å². The first-order valence-corrected chi connectivity index (χ1v) is 9.97. The maximum Gasteiger partial charge on any atom is 0.317 e. The number of halogens is 1. The number of aliphatic hydroxyl groups excluding tert-OH is 1. The molecule has 2 fully saturated rings. The summed E-state index contributed by atoms with van der Waals surface area (Å²) >= 11 is 0. The molecule has 28 heavy (non-hydrogen) atoms. The van der Waals surface area contributed by atoms with Crippen molar-refractivity contribution in [1.82, 2.24) is 10.2 Å². The molecule has 154 valence electrons. The fourth-order valence-electron chi connectivity index (χ4n) is 4.66. The van der Waals surface area contributed by atoms with Crippen LogP contribution in [0.4, 0.5) is 9.18 Å². The summed E-state index contributed by atoms with van der Waals surface area (Å²) in [6.07, 6.45) is 2.93. The summed E-state index contributed by atoms with van der Waals surface area (Å²) in [5.41, 5.74) is 0.440. The van der Waals surface area contributed by atoms with Crippen molar-refractivity contribution in [3.63, 3.8) is 0 Å². The summed E-state index contributed by atoms with van der Waals surface area (Å²) in [6.45, 7) is 3.00. The molecule has 1 aromatic rings. The van der Waals surface area contributed by atoms with E-state index in [-0.39, 0.29) is 24.3 Å². The molecule has 1 aromatic carbocycles. The molecule has 4 unspecified atom stereocenters. The second-order valence-electron chi connectivity index (χ2n) is 8.51. The first-order chi connectivity index (χ1) is 13.3. The lowest BCUT2D eigenvalue weighted by molar-refractivity contribution is -0.143. The Hall–Kier alpha value is -2.15. The minimum Gasteiger partial charge on any atom is -0.481 e. The highest BCUT2D eigenvalue weighted by atomic mass is 19.1. The van der Waals surface area contributed by atoms with E-state index in [1.807, 2.05) is 6.92 Å². The van der Waals surface area contributed by atoms with Gasteiger partial charge in [0.1, 0.15) is 5.82 Å². The number of carboxylic acids is 1.